The summed E-state index contributed by atoms with van der Waals surface area (Å²) in [6, 6.07) is 6.66. The van der Waals surface area contributed by atoms with E-state index in [0.717, 1.165) is 17.7 Å². The highest BCUT2D eigenvalue weighted by atomic mass is 19.1. The van der Waals surface area contributed by atoms with E-state index in [4.69, 9.17) is 0 Å². The molecule has 0 spiro atoms. The van der Waals surface area contributed by atoms with E-state index in [-0.39, 0.29) is 0 Å². The van der Waals surface area contributed by atoms with Gasteiger partial charge in [-0.05, 0) is 56.7 Å². The fraction of sp³-hybridized carbons (Fsp3) is 0.455. The summed E-state index contributed by atoms with van der Waals surface area (Å²) < 4.78 is 15.7. The van der Waals surface area contributed by atoms with Crippen LogP contribution >= 0.6 is 0 Å². The van der Waals surface area contributed by atoms with Gasteiger partial charge in [0, 0.05) is 25.2 Å². The summed E-state index contributed by atoms with van der Waals surface area (Å²) in [6.07, 6.45) is 6.28. The van der Waals surface area contributed by atoms with Crippen molar-refractivity contribution < 1.29 is 4.39 Å². The van der Waals surface area contributed by atoms with Crippen LogP contribution in [0.3, 0.4) is 0 Å². The number of H-pyrrole nitrogens is 1. The lowest BCUT2D eigenvalue weighted by atomic mass is 10.00. The molecule has 0 radical (unpaired) electrons. The molecule has 2 aromatic rings. The highest BCUT2D eigenvalue weighted by molar-refractivity contribution is 5.78. The number of hydrogen-bond donors (Lipinski definition) is 2. The van der Waals surface area contributed by atoms with Gasteiger partial charge in [0.05, 0.1) is 11.0 Å². The molecule has 1 saturated carbocycles. The minimum Gasteiger partial charge on any atom is -0.385 e. The zero-order chi connectivity index (χ0) is 18.9. The zero-order valence-electron chi connectivity index (χ0n) is 16.1. The van der Waals surface area contributed by atoms with E-state index in [1.54, 1.807) is 13.8 Å². The average molecular weight is 356 g/mol. The molecule has 0 saturated heterocycles. The van der Waals surface area contributed by atoms with Gasteiger partial charge in [0.1, 0.15) is 5.67 Å². The normalized spacial score (nSPS) is 20.4. The number of nitrogens with one attached hydrogen (secondary N) is 2. The van der Waals surface area contributed by atoms with Crippen LogP contribution in [0.2, 0.25) is 0 Å². The van der Waals surface area contributed by atoms with Crippen LogP contribution in [0.25, 0.3) is 11.0 Å². The van der Waals surface area contributed by atoms with E-state index in [1.165, 1.54) is 16.6 Å². The van der Waals surface area contributed by atoms with Crippen molar-refractivity contribution in [1.82, 2.24) is 15.1 Å². The smallest absolute Gasteiger partial charge is 0.105 e. The number of rotatable bonds is 9. The van der Waals surface area contributed by atoms with Crippen LogP contribution in [0.5, 0.6) is 0 Å². The molecule has 2 unspecified atom stereocenters. The SMILES string of the molecule is C=C/C(=C\CNC(=C)C1CC1c1ccc2c(c1)[nH]n2C)CCC(C)(C)F. The van der Waals surface area contributed by atoms with E-state index in [9.17, 15) is 4.39 Å². The summed E-state index contributed by atoms with van der Waals surface area (Å²) in [5.74, 6) is 1.06. The fourth-order valence-corrected chi connectivity index (χ4v) is 3.48. The molecule has 1 aliphatic carbocycles. The third-order valence-electron chi connectivity index (χ3n) is 5.30. The van der Waals surface area contributed by atoms with Crippen LogP contribution in [0.1, 0.15) is 44.6 Å². The number of fused-ring (bicyclic) bond motifs is 1. The molecule has 3 nitrogen and oxygen atoms in total. The predicted molar refractivity (Wildman–Crippen MR) is 108 cm³/mol. The number of benzene rings is 1. The van der Waals surface area contributed by atoms with Gasteiger partial charge >= 0.3 is 0 Å². The second kappa shape index (κ2) is 7.18. The maximum Gasteiger partial charge on any atom is 0.105 e. The van der Waals surface area contributed by atoms with Crippen molar-refractivity contribution >= 4 is 11.0 Å². The van der Waals surface area contributed by atoms with Gasteiger partial charge in [-0.15, -0.1) is 0 Å². The standard InChI is InChI=1S/C22H30FN3/c1-6-16(9-11-22(3,4)23)10-12-24-15(2)18-14-19(18)17-7-8-21-20(13-17)25-26(21)5/h6-8,10,13,18-19,24-25H,1-2,9,11-12,14H2,3-5H3/b16-10+. The van der Waals surface area contributed by atoms with Crippen molar-refractivity contribution in [3.63, 3.8) is 0 Å². The van der Waals surface area contributed by atoms with Gasteiger partial charge < -0.3 is 5.32 Å². The Labute approximate surface area is 155 Å². The molecule has 1 heterocycles. The predicted octanol–water partition coefficient (Wildman–Crippen LogP) is 5.35. The maximum atomic E-state index is 13.6. The second-order valence-electron chi connectivity index (χ2n) is 8.00. The molecule has 2 N–H and O–H groups in total. The number of aryl methyl sites for hydroxylation is 1. The lowest BCUT2D eigenvalue weighted by Gasteiger charge is -2.14. The van der Waals surface area contributed by atoms with Crippen molar-refractivity contribution in [2.45, 2.75) is 44.7 Å². The molecule has 26 heavy (non-hydrogen) atoms. The van der Waals surface area contributed by atoms with Crippen LogP contribution in [-0.2, 0) is 7.05 Å². The lowest BCUT2D eigenvalue weighted by molar-refractivity contribution is 0.202. The lowest BCUT2D eigenvalue weighted by Crippen LogP contribution is -2.15. The molecular weight excluding hydrogens is 325 g/mol. The van der Waals surface area contributed by atoms with Gasteiger partial charge in [0.2, 0.25) is 0 Å². The maximum absolute atomic E-state index is 13.6. The summed E-state index contributed by atoms with van der Waals surface area (Å²) in [6.45, 7) is 12.0. The zero-order valence-corrected chi connectivity index (χ0v) is 16.1. The quantitative estimate of drug-likeness (QED) is 0.584. The number of hydrogen-bond acceptors (Lipinski definition) is 1. The Morgan fingerprint density at radius 3 is 2.85 bits per heavy atom. The number of nitrogens with zero attached hydrogens (tertiary/aromatic N) is 1. The first-order valence-electron chi connectivity index (χ1n) is 9.36. The minimum absolute atomic E-state index is 0.496. The molecule has 2 atom stereocenters. The molecule has 140 valence electrons. The van der Waals surface area contributed by atoms with Gasteiger partial charge in [0.25, 0.3) is 0 Å². The fourth-order valence-electron chi connectivity index (χ4n) is 3.48. The van der Waals surface area contributed by atoms with E-state index in [1.807, 2.05) is 17.8 Å². The first kappa shape index (κ1) is 18.6. The first-order chi connectivity index (χ1) is 12.3. The van der Waals surface area contributed by atoms with Crippen LogP contribution < -0.4 is 5.32 Å². The molecule has 0 amide bonds. The van der Waals surface area contributed by atoms with Crippen molar-refractivity contribution in [2.75, 3.05) is 6.54 Å². The topological polar surface area (TPSA) is 32.8 Å². The molecular formula is C22H30FN3. The van der Waals surface area contributed by atoms with Gasteiger partial charge in [0.15, 0.2) is 0 Å². The molecule has 1 fully saturated rings. The summed E-state index contributed by atoms with van der Waals surface area (Å²) >= 11 is 0. The molecule has 0 aliphatic heterocycles. The Morgan fingerprint density at radius 2 is 2.23 bits per heavy atom. The van der Waals surface area contributed by atoms with Gasteiger partial charge in [-0.1, -0.05) is 36.9 Å². The van der Waals surface area contributed by atoms with Crippen molar-refractivity contribution in [3.8, 4) is 0 Å². The number of halogens is 1. The average Bonchev–Trinajstić information content (AvgIpc) is 3.36. The largest absolute Gasteiger partial charge is 0.385 e. The van der Waals surface area contributed by atoms with Crippen LogP contribution in [-0.4, -0.2) is 22.0 Å². The molecule has 4 heteroatoms. The van der Waals surface area contributed by atoms with Gasteiger partial charge in [-0.25, -0.2) is 4.39 Å². The van der Waals surface area contributed by atoms with E-state index in [2.05, 4.69) is 47.8 Å². The van der Waals surface area contributed by atoms with Crippen molar-refractivity contribution in [2.24, 2.45) is 13.0 Å². The van der Waals surface area contributed by atoms with Crippen LogP contribution in [0.15, 0.2) is 54.8 Å². The summed E-state index contributed by atoms with van der Waals surface area (Å²) in [7, 11) is 2.02. The summed E-state index contributed by atoms with van der Waals surface area (Å²) in [5, 5.41) is 6.70. The Balaban J connectivity index is 1.48. The van der Waals surface area contributed by atoms with Crippen molar-refractivity contribution in [3.05, 3.63) is 60.3 Å². The Kier molecular flexibility index (Phi) is 5.12. The monoisotopic (exact) mass is 355 g/mol. The Morgan fingerprint density at radius 1 is 1.46 bits per heavy atom. The number of allylic oxidation sites excluding steroid dienone is 3. The number of alkyl halides is 1. The van der Waals surface area contributed by atoms with Crippen LogP contribution in [0, 0.1) is 5.92 Å². The number of aromatic amines is 1. The van der Waals surface area contributed by atoms with Gasteiger partial charge in [-0.2, -0.15) is 0 Å². The molecule has 1 aromatic carbocycles. The molecule has 3 rings (SSSR count). The number of aromatic nitrogens is 2. The van der Waals surface area contributed by atoms with E-state index >= 15 is 0 Å². The molecule has 1 aliphatic rings. The van der Waals surface area contributed by atoms with E-state index < -0.39 is 5.67 Å². The van der Waals surface area contributed by atoms with Crippen LogP contribution in [0.4, 0.5) is 4.39 Å². The third kappa shape index (κ3) is 4.29. The highest BCUT2D eigenvalue weighted by Crippen LogP contribution is 2.51. The van der Waals surface area contributed by atoms with Gasteiger partial charge in [-0.3, -0.25) is 9.78 Å². The Hall–Kier alpha value is -2.23. The summed E-state index contributed by atoms with van der Waals surface area (Å²) in [5.41, 5.74) is 4.88. The molecule has 0 bridgehead atoms. The Bertz CT molecular complexity index is 831. The third-order valence-corrected chi connectivity index (χ3v) is 5.30. The second-order valence-corrected chi connectivity index (χ2v) is 8.00. The van der Waals surface area contributed by atoms with Crippen molar-refractivity contribution in [1.29, 1.82) is 0 Å². The minimum atomic E-state index is -1.14. The molecule has 1 aromatic heterocycles. The van der Waals surface area contributed by atoms with E-state index in [0.29, 0.717) is 31.2 Å². The highest BCUT2D eigenvalue weighted by Gasteiger charge is 2.40. The first-order valence-corrected chi connectivity index (χ1v) is 9.36. The summed E-state index contributed by atoms with van der Waals surface area (Å²) in [4.78, 5) is 0.